The van der Waals surface area contributed by atoms with Crippen LogP contribution in [-0.2, 0) is 19.1 Å². The molecular formula is C27H48O6. The quantitative estimate of drug-likeness (QED) is 0.298. The van der Waals surface area contributed by atoms with Crippen molar-refractivity contribution in [3.63, 3.8) is 0 Å². The maximum absolute atomic E-state index is 11.3. The van der Waals surface area contributed by atoms with Gasteiger partial charge in [-0.25, -0.2) is 0 Å². The lowest BCUT2D eigenvalue weighted by atomic mass is 9.86. The fourth-order valence-electron chi connectivity index (χ4n) is 5.14. The van der Waals surface area contributed by atoms with Gasteiger partial charge >= 0.3 is 11.9 Å². The molecule has 2 saturated heterocycles. The van der Waals surface area contributed by atoms with Gasteiger partial charge in [0, 0.05) is 0 Å². The fraction of sp³-hybridized carbons (Fsp3) is 0.926. The molecule has 192 valence electrons. The number of hydrogen-bond donors (Lipinski definition) is 2. The van der Waals surface area contributed by atoms with Gasteiger partial charge in [0.1, 0.15) is 0 Å². The minimum Gasteiger partial charge on any atom is -0.481 e. The molecule has 0 aliphatic carbocycles. The van der Waals surface area contributed by atoms with Crippen LogP contribution in [0.3, 0.4) is 0 Å². The largest absolute Gasteiger partial charge is 0.481 e. The Morgan fingerprint density at radius 2 is 0.939 bits per heavy atom. The van der Waals surface area contributed by atoms with Gasteiger partial charge in [-0.3, -0.25) is 9.59 Å². The summed E-state index contributed by atoms with van der Waals surface area (Å²) in [5.74, 6) is -1.44. The van der Waals surface area contributed by atoms with Gasteiger partial charge in [0.15, 0.2) is 0 Å². The summed E-state index contributed by atoms with van der Waals surface area (Å²) >= 11 is 0. The Balaban J connectivity index is 1.62. The number of rotatable bonds is 14. The zero-order chi connectivity index (χ0) is 24.5. The van der Waals surface area contributed by atoms with E-state index in [2.05, 4.69) is 0 Å². The number of carbonyl (C=O) groups is 2. The van der Waals surface area contributed by atoms with Crippen LogP contribution in [0.2, 0.25) is 0 Å². The maximum atomic E-state index is 11.3. The Hall–Kier alpha value is -1.14. The number of carboxylic acid groups (broad SMARTS) is 2. The smallest absolute Gasteiger partial charge is 0.309 e. The van der Waals surface area contributed by atoms with Crippen molar-refractivity contribution in [1.82, 2.24) is 0 Å². The van der Waals surface area contributed by atoms with Crippen molar-refractivity contribution in [1.29, 1.82) is 0 Å². The van der Waals surface area contributed by atoms with Gasteiger partial charge in [0.2, 0.25) is 0 Å². The summed E-state index contributed by atoms with van der Waals surface area (Å²) < 4.78 is 12.7. The van der Waals surface area contributed by atoms with E-state index in [0.29, 0.717) is 25.0 Å². The molecule has 2 heterocycles. The van der Waals surface area contributed by atoms with Crippen LogP contribution in [-0.4, -0.2) is 46.6 Å². The molecule has 4 atom stereocenters. The highest BCUT2D eigenvalue weighted by atomic mass is 16.5. The highest BCUT2D eigenvalue weighted by molar-refractivity contribution is 5.73. The van der Waals surface area contributed by atoms with Crippen LogP contribution < -0.4 is 0 Å². The van der Waals surface area contributed by atoms with Gasteiger partial charge in [-0.2, -0.15) is 0 Å². The third-order valence-corrected chi connectivity index (χ3v) is 7.74. The molecule has 0 aromatic heterocycles. The molecule has 0 spiro atoms. The Kier molecular flexibility index (Phi) is 11.1. The molecule has 2 aliphatic rings. The summed E-state index contributed by atoms with van der Waals surface area (Å²) in [6.45, 7) is 7.20. The molecule has 0 aromatic rings. The predicted octanol–water partition coefficient (Wildman–Crippen LogP) is 6.59. The van der Waals surface area contributed by atoms with Crippen molar-refractivity contribution in [2.75, 3.05) is 0 Å². The molecule has 4 unspecified atom stereocenters. The first-order chi connectivity index (χ1) is 15.5. The Bertz CT molecular complexity index is 562. The summed E-state index contributed by atoms with van der Waals surface area (Å²) in [5, 5.41) is 18.5. The average Bonchev–Trinajstić information content (AvgIpc) is 2.74. The highest BCUT2D eigenvalue weighted by Gasteiger charge is 2.30. The number of hydrogen-bond acceptors (Lipinski definition) is 4. The monoisotopic (exact) mass is 468 g/mol. The van der Waals surface area contributed by atoms with E-state index in [-0.39, 0.29) is 12.2 Å². The first-order valence-corrected chi connectivity index (χ1v) is 13.3. The van der Waals surface area contributed by atoms with E-state index in [0.717, 1.165) is 70.6 Å². The van der Waals surface area contributed by atoms with E-state index in [1.54, 1.807) is 27.7 Å². The minimum atomic E-state index is -0.721. The molecule has 0 bridgehead atoms. The van der Waals surface area contributed by atoms with Crippen molar-refractivity contribution in [3.8, 4) is 0 Å². The summed E-state index contributed by atoms with van der Waals surface area (Å²) in [6, 6.07) is 0. The van der Waals surface area contributed by atoms with Crippen LogP contribution in [0.4, 0.5) is 0 Å². The van der Waals surface area contributed by atoms with E-state index >= 15 is 0 Å². The van der Waals surface area contributed by atoms with E-state index < -0.39 is 22.8 Å². The van der Waals surface area contributed by atoms with Crippen molar-refractivity contribution >= 4 is 11.9 Å². The topological polar surface area (TPSA) is 93.1 Å². The third-order valence-electron chi connectivity index (χ3n) is 7.74. The molecule has 2 rings (SSSR count). The van der Waals surface area contributed by atoms with E-state index in [4.69, 9.17) is 9.47 Å². The van der Waals surface area contributed by atoms with Crippen LogP contribution in [0.5, 0.6) is 0 Å². The van der Waals surface area contributed by atoms with Crippen molar-refractivity contribution in [2.24, 2.45) is 10.8 Å². The SMILES string of the molecule is CC(C)(CCCC1CCCC(CCCC2CCCC(CCCC(C)(C)C(=O)O)O2)O1)C(=O)O. The van der Waals surface area contributed by atoms with Crippen LogP contribution in [0.25, 0.3) is 0 Å². The van der Waals surface area contributed by atoms with Crippen LogP contribution in [0.1, 0.15) is 124 Å². The lowest BCUT2D eigenvalue weighted by molar-refractivity contribution is -0.148. The second kappa shape index (κ2) is 13.1. The molecule has 2 N–H and O–H groups in total. The van der Waals surface area contributed by atoms with Crippen molar-refractivity contribution in [3.05, 3.63) is 0 Å². The van der Waals surface area contributed by atoms with Gasteiger partial charge in [0.05, 0.1) is 35.2 Å². The predicted molar refractivity (Wildman–Crippen MR) is 129 cm³/mol. The first kappa shape index (κ1) is 28.1. The lowest BCUT2D eigenvalue weighted by Crippen LogP contribution is -2.30. The van der Waals surface area contributed by atoms with E-state index in [1.807, 2.05) is 0 Å². The third kappa shape index (κ3) is 9.94. The molecule has 0 radical (unpaired) electrons. The van der Waals surface area contributed by atoms with Crippen molar-refractivity contribution in [2.45, 2.75) is 148 Å². The average molecular weight is 469 g/mol. The maximum Gasteiger partial charge on any atom is 0.309 e. The minimum absolute atomic E-state index is 0.277. The molecule has 2 fully saturated rings. The zero-order valence-electron chi connectivity index (χ0n) is 21.4. The van der Waals surface area contributed by atoms with Crippen molar-refractivity contribution < 1.29 is 29.3 Å². The van der Waals surface area contributed by atoms with E-state index in [1.165, 1.54) is 12.8 Å². The van der Waals surface area contributed by atoms with Crippen LogP contribution >= 0.6 is 0 Å². The molecule has 6 nitrogen and oxygen atoms in total. The number of ether oxygens (including phenoxy) is 2. The molecule has 2 aliphatic heterocycles. The Morgan fingerprint density at radius 3 is 1.24 bits per heavy atom. The zero-order valence-corrected chi connectivity index (χ0v) is 21.4. The normalized spacial score (nSPS) is 26.8. The molecule has 0 aromatic carbocycles. The summed E-state index contributed by atoms with van der Waals surface area (Å²) in [4.78, 5) is 22.6. The molecule has 0 saturated carbocycles. The van der Waals surface area contributed by atoms with Gasteiger partial charge in [-0.1, -0.05) is 0 Å². The molecular weight excluding hydrogens is 420 g/mol. The molecule has 0 amide bonds. The summed E-state index contributed by atoms with van der Waals surface area (Å²) in [7, 11) is 0. The van der Waals surface area contributed by atoms with Crippen LogP contribution in [0.15, 0.2) is 0 Å². The Morgan fingerprint density at radius 1 is 0.636 bits per heavy atom. The van der Waals surface area contributed by atoms with Gasteiger partial charge in [-0.05, 0) is 124 Å². The fourth-order valence-corrected chi connectivity index (χ4v) is 5.14. The van der Waals surface area contributed by atoms with Crippen LogP contribution in [0, 0.1) is 10.8 Å². The first-order valence-electron chi connectivity index (χ1n) is 13.3. The molecule has 6 heteroatoms. The number of carboxylic acids is 2. The number of aliphatic carboxylic acids is 2. The second-order valence-electron chi connectivity index (χ2n) is 11.7. The highest BCUT2D eigenvalue weighted by Crippen LogP contribution is 2.31. The molecule has 33 heavy (non-hydrogen) atoms. The van der Waals surface area contributed by atoms with E-state index in [9.17, 15) is 19.8 Å². The van der Waals surface area contributed by atoms with Gasteiger partial charge in [0.25, 0.3) is 0 Å². The Labute approximate surface area is 200 Å². The second-order valence-corrected chi connectivity index (χ2v) is 11.7. The lowest BCUT2D eigenvalue weighted by Gasteiger charge is -2.33. The van der Waals surface area contributed by atoms with Gasteiger partial charge in [-0.15, -0.1) is 0 Å². The standard InChI is InChI=1S/C27H48O6/c1-26(2,24(28)29)18-8-16-22-14-6-12-20(32-22)10-5-11-21-13-7-15-23(33-21)17-9-19-27(3,4)25(30)31/h20-23H,5-19H2,1-4H3,(H,28,29)(H,30,31). The summed E-state index contributed by atoms with van der Waals surface area (Å²) in [6.07, 6.45) is 16.4. The van der Waals surface area contributed by atoms with Gasteiger partial charge < -0.3 is 19.7 Å². The summed E-state index contributed by atoms with van der Waals surface area (Å²) in [5.41, 5.74) is -1.31.